The lowest BCUT2D eigenvalue weighted by Gasteiger charge is -2.39. The Hall–Kier alpha value is -2.08. The number of ether oxygens (including phenoxy) is 4. The highest BCUT2D eigenvalue weighted by molar-refractivity contribution is 5.70. The predicted molar refractivity (Wildman–Crippen MR) is 201 cm³/mol. The molecule has 0 bridgehead atoms. The number of aliphatic hydroxyl groups excluding tert-OH is 4. The molecule has 0 radical (unpaired) electrons. The third-order valence-electron chi connectivity index (χ3n) is 9.00. The lowest BCUT2D eigenvalue weighted by molar-refractivity contribution is -0.305. The maximum Gasteiger partial charge on any atom is 0.306 e. The zero-order valence-corrected chi connectivity index (χ0v) is 31.8. The molecule has 1 heterocycles. The fourth-order valence-corrected chi connectivity index (χ4v) is 5.73. The molecule has 1 aliphatic heterocycles. The van der Waals surface area contributed by atoms with Crippen molar-refractivity contribution in [3.05, 3.63) is 36.5 Å². The summed E-state index contributed by atoms with van der Waals surface area (Å²) >= 11 is 0. The van der Waals surface area contributed by atoms with E-state index in [9.17, 15) is 30.0 Å². The molecule has 1 saturated heterocycles. The number of unbranched alkanes of at least 4 members (excludes halogenated alkanes) is 15. The lowest BCUT2D eigenvalue weighted by atomic mass is 9.99. The minimum atomic E-state index is -1.60. The first-order chi connectivity index (χ1) is 24.8. The molecule has 10 heteroatoms. The molecule has 4 N–H and O–H groups in total. The van der Waals surface area contributed by atoms with Crippen LogP contribution in [0, 0.1) is 0 Å². The van der Waals surface area contributed by atoms with Crippen molar-refractivity contribution in [2.24, 2.45) is 0 Å². The average Bonchev–Trinajstić information content (AvgIpc) is 3.13. The van der Waals surface area contributed by atoms with Crippen LogP contribution in [0.4, 0.5) is 0 Å². The van der Waals surface area contributed by atoms with Crippen molar-refractivity contribution in [1.82, 2.24) is 0 Å². The van der Waals surface area contributed by atoms with E-state index in [1.54, 1.807) is 0 Å². The Balaban J connectivity index is 2.41. The van der Waals surface area contributed by atoms with Gasteiger partial charge in [-0.1, -0.05) is 115 Å². The molecule has 6 atom stereocenters. The highest BCUT2D eigenvalue weighted by Crippen LogP contribution is 2.22. The lowest BCUT2D eigenvalue weighted by Crippen LogP contribution is -2.59. The maximum absolute atomic E-state index is 12.7. The van der Waals surface area contributed by atoms with Crippen molar-refractivity contribution in [3.63, 3.8) is 0 Å². The van der Waals surface area contributed by atoms with Crippen LogP contribution >= 0.6 is 0 Å². The Labute approximate surface area is 308 Å². The van der Waals surface area contributed by atoms with Crippen LogP contribution in [-0.2, 0) is 28.5 Å². The van der Waals surface area contributed by atoms with Gasteiger partial charge in [0.2, 0.25) is 0 Å². The summed E-state index contributed by atoms with van der Waals surface area (Å²) in [5.74, 6) is -0.859. The molecule has 0 aromatic heterocycles. The minimum absolute atomic E-state index is 0.212. The van der Waals surface area contributed by atoms with Gasteiger partial charge >= 0.3 is 11.9 Å². The van der Waals surface area contributed by atoms with Gasteiger partial charge in [0.25, 0.3) is 0 Å². The van der Waals surface area contributed by atoms with E-state index in [1.165, 1.54) is 51.4 Å². The SMILES string of the molecule is CCCC/C=C/CCCCCCCC(=O)O[C@@H](COC(=O)CCCC/C=C/C/C=C/CCCCCCCC)CO[C@H]1O[C@@H](CO)[C@@H](O)C(O)C1O. The fourth-order valence-electron chi connectivity index (χ4n) is 5.73. The topological polar surface area (TPSA) is 152 Å². The van der Waals surface area contributed by atoms with Crippen LogP contribution in [0.5, 0.6) is 0 Å². The minimum Gasteiger partial charge on any atom is -0.462 e. The zero-order chi connectivity index (χ0) is 37.4. The van der Waals surface area contributed by atoms with E-state index < -0.39 is 55.4 Å². The highest BCUT2D eigenvalue weighted by Gasteiger charge is 2.44. The second kappa shape index (κ2) is 32.6. The van der Waals surface area contributed by atoms with E-state index >= 15 is 0 Å². The van der Waals surface area contributed by atoms with E-state index in [0.29, 0.717) is 12.8 Å². The smallest absolute Gasteiger partial charge is 0.306 e. The molecule has 0 aromatic rings. The quantitative estimate of drug-likeness (QED) is 0.0311. The summed E-state index contributed by atoms with van der Waals surface area (Å²) in [6.07, 6.45) is 27.3. The zero-order valence-electron chi connectivity index (χ0n) is 31.8. The molecular weight excluding hydrogens is 652 g/mol. The van der Waals surface area contributed by atoms with Gasteiger partial charge < -0.3 is 39.4 Å². The van der Waals surface area contributed by atoms with Gasteiger partial charge in [-0.25, -0.2) is 0 Å². The molecule has 1 aliphatic rings. The third-order valence-corrected chi connectivity index (χ3v) is 9.00. The van der Waals surface area contributed by atoms with Crippen LogP contribution in [0.25, 0.3) is 0 Å². The van der Waals surface area contributed by atoms with Crippen LogP contribution < -0.4 is 0 Å². The first-order valence-corrected chi connectivity index (χ1v) is 20.1. The number of carbonyl (C=O) groups is 2. The number of carbonyl (C=O) groups excluding carboxylic acids is 2. The van der Waals surface area contributed by atoms with Crippen LogP contribution in [0.15, 0.2) is 36.5 Å². The number of allylic oxidation sites excluding steroid dienone is 6. The largest absolute Gasteiger partial charge is 0.462 e. The average molecular weight is 725 g/mol. The number of hydrogen-bond donors (Lipinski definition) is 4. The van der Waals surface area contributed by atoms with Gasteiger partial charge in [0.05, 0.1) is 13.2 Å². The van der Waals surface area contributed by atoms with Crippen LogP contribution in [0.2, 0.25) is 0 Å². The molecule has 296 valence electrons. The number of aliphatic hydroxyl groups is 4. The van der Waals surface area contributed by atoms with Gasteiger partial charge in [0.1, 0.15) is 31.0 Å². The van der Waals surface area contributed by atoms with Gasteiger partial charge in [-0.15, -0.1) is 0 Å². The molecule has 0 aromatic carbocycles. The van der Waals surface area contributed by atoms with Crippen molar-refractivity contribution >= 4 is 11.9 Å². The van der Waals surface area contributed by atoms with Crippen molar-refractivity contribution < 1.29 is 49.0 Å². The summed E-state index contributed by atoms with van der Waals surface area (Å²) in [6.45, 7) is 3.31. The molecule has 1 fully saturated rings. The first-order valence-electron chi connectivity index (χ1n) is 20.1. The number of rotatable bonds is 32. The summed E-state index contributed by atoms with van der Waals surface area (Å²) in [6, 6.07) is 0. The Bertz CT molecular complexity index is 933. The first kappa shape index (κ1) is 46.9. The highest BCUT2D eigenvalue weighted by atomic mass is 16.7. The van der Waals surface area contributed by atoms with Crippen LogP contribution in [-0.4, -0.2) is 89.0 Å². The molecule has 1 rings (SSSR count). The van der Waals surface area contributed by atoms with Gasteiger partial charge in [-0.3, -0.25) is 9.59 Å². The van der Waals surface area contributed by atoms with Gasteiger partial charge in [-0.05, 0) is 64.2 Å². The Morgan fingerprint density at radius 1 is 0.608 bits per heavy atom. The molecule has 51 heavy (non-hydrogen) atoms. The maximum atomic E-state index is 12.7. The van der Waals surface area contributed by atoms with Gasteiger partial charge in [0.15, 0.2) is 12.4 Å². The molecule has 0 saturated carbocycles. The summed E-state index contributed by atoms with van der Waals surface area (Å²) < 4.78 is 22.0. The molecule has 0 spiro atoms. The van der Waals surface area contributed by atoms with Crippen molar-refractivity contribution in [2.45, 2.75) is 192 Å². The molecular formula is C41H72O10. The molecule has 2 unspecified atom stereocenters. The summed E-state index contributed by atoms with van der Waals surface area (Å²) in [7, 11) is 0. The van der Waals surface area contributed by atoms with Crippen molar-refractivity contribution in [1.29, 1.82) is 0 Å². The van der Waals surface area contributed by atoms with E-state index in [-0.39, 0.29) is 26.1 Å². The van der Waals surface area contributed by atoms with Crippen molar-refractivity contribution in [3.8, 4) is 0 Å². The second-order valence-corrected chi connectivity index (χ2v) is 13.7. The molecule has 10 nitrogen and oxygen atoms in total. The molecule has 0 amide bonds. The third kappa shape index (κ3) is 24.7. The number of hydrogen-bond acceptors (Lipinski definition) is 10. The Kier molecular flexibility index (Phi) is 30.0. The van der Waals surface area contributed by atoms with E-state index in [2.05, 4.69) is 50.3 Å². The normalized spacial score (nSPS) is 21.6. The standard InChI is InChI=1S/C41H72O10/c1-3-5-7-9-11-13-15-16-17-18-20-21-23-25-27-29-36(43)48-32-34(33-49-41-40(47)39(46)38(45)35(31-42)51-41)50-37(44)30-28-26-24-22-19-14-12-10-8-6-4-2/h10,12,16-17,20-21,34-35,38-42,45-47H,3-9,11,13-15,18-19,22-33H2,1-2H3/b12-10+,17-16+,21-20+/t34-,35-,38+,39?,40?,41-/m0/s1. The summed E-state index contributed by atoms with van der Waals surface area (Å²) in [5.41, 5.74) is 0. The number of esters is 2. The van der Waals surface area contributed by atoms with E-state index in [1.807, 2.05) is 0 Å². The summed E-state index contributed by atoms with van der Waals surface area (Å²) in [4.78, 5) is 25.2. The van der Waals surface area contributed by atoms with E-state index in [0.717, 1.165) is 64.2 Å². The van der Waals surface area contributed by atoms with Gasteiger partial charge in [-0.2, -0.15) is 0 Å². The van der Waals surface area contributed by atoms with Crippen molar-refractivity contribution in [2.75, 3.05) is 19.8 Å². The van der Waals surface area contributed by atoms with Crippen LogP contribution in [0.1, 0.15) is 155 Å². The summed E-state index contributed by atoms with van der Waals surface area (Å²) in [5, 5.41) is 39.9. The Morgan fingerprint density at radius 2 is 1.12 bits per heavy atom. The predicted octanol–water partition coefficient (Wildman–Crippen LogP) is 7.55. The van der Waals surface area contributed by atoms with E-state index in [4.69, 9.17) is 18.9 Å². The Morgan fingerprint density at radius 3 is 1.75 bits per heavy atom. The molecule has 0 aliphatic carbocycles. The van der Waals surface area contributed by atoms with Crippen LogP contribution in [0.3, 0.4) is 0 Å². The van der Waals surface area contributed by atoms with Gasteiger partial charge in [0, 0.05) is 12.8 Å². The monoisotopic (exact) mass is 725 g/mol. The fraction of sp³-hybridized carbons (Fsp3) is 0.805. The second-order valence-electron chi connectivity index (χ2n) is 13.7.